The van der Waals surface area contributed by atoms with Crippen LogP contribution in [-0.4, -0.2) is 11.3 Å². The van der Waals surface area contributed by atoms with E-state index in [9.17, 15) is 18.3 Å². The predicted octanol–water partition coefficient (Wildman–Crippen LogP) is 2.66. The monoisotopic (exact) mass is 233 g/mol. The Morgan fingerprint density at radius 1 is 1.19 bits per heavy atom. The van der Waals surface area contributed by atoms with Gasteiger partial charge in [0.25, 0.3) is 0 Å². The van der Waals surface area contributed by atoms with Crippen molar-refractivity contribution in [1.82, 2.24) is 0 Å². The van der Waals surface area contributed by atoms with Gasteiger partial charge in [-0.25, -0.2) is 0 Å². The number of benzene rings is 1. The first-order chi connectivity index (χ1) is 7.07. The average Bonchev–Trinajstić information content (AvgIpc) is 2.09. The first-order valence-corrected chi connectivity index (χ1v) is 4.73. The molecule has 1 aromatic rings. The molecule has 0 aromatic heterocycles. The summed E-state index contributed by atoms with van der Waals surface area (Å²) in [6.07, 6.45) is -4.72. The van der Waals surface area contributed by atoms with Crippen molar-refractivity contribution in [2.45, 2.75) is 32.5 Å². The van der Waals surface area contributed by atoms with Crippen LogP contribution in [0.1, 0.15) is 23.6 Å². The number of nitrogens with two attached hydrogens (primary N) is 1. The molecule has 0 amide bonds. The Kier molecular flexibility index (Phi) is 2.94. The molecule has 5 heteroatoms. The van der Waals surface area contributed by atoms with Gasteiger partial charge in [-0.05, 0) is 49.6 Å². The number of halogens is 3. The third-order valence-corrected chi connectivity index (χ3v) is 2.77. The van der Waals surface area contributed by atoms with Crippen LogP contribution in [0.2, 0.25) is 0 Å². The summed E-state index contributed by atoms with van der Waals surface area (Å²) in [4.78, 5) is 0. The minimum Gasteiger partial charge on any atom is -0.399 e. The van der Waals surface area contributed by atoms with Crippen molar-refractivity contribution in [1.29, 1.82) is 0 Å². The van der Waals surface area contributed by atoms with E-state index in [0.29, 0.717) is 11.1 Å². The minimum absolute atomic E-state index is 0.197. The standard InChI is InChI=1S/C11H14F3NO/c1-6-4-8(15)5-9(7(6)2)10(3,16)11(12,13)14/h4-5,16H,15H2,1-3H3. The topological polar surface area (TPSA) is 46.2 Å². The van der Waals surface area contributed by atoms with Crippen molar-refractivity contribution in [2.75, 3.05) is 5.73 Å². The van der Waals surface area contributed by atoms with Gasteiger partial charge in [-0.3, -0.25) is 0 Å². The summed E-state index contributed by atoms with van der Waals surface area (Å²) in [7, 11) is 0. The molecule has 0 aliphatic heterocycles. The third kappa shape index (κ3) is 2.00. The molecule has 0 heterocycles. The van der Waals surface area contributed by atoms with Gasteiger partial charge in [-0.1, -0.05) is 0 Å². The third-order valence-electron chi connectivity index (χ3n) is 2.77. The molecule has 1 unspecified atom stereocenters. The van der Waals surface area contributed by atoms with Gasteiger partial charge in [0.05, 0.1) is 0 Å². The molecule has 16 heavy (non-hydrogen) atoms. The molecule has 1 aromatic carbocycles. The summed E-state index contributed by atoms with van der Waals surface area (Å²) in [6, 6.07) is 2.74. The molecule has 0 aliphatic rings. The second kappa shape index (κ2) is 3.66. The quantitative estimate of drug-likeness (QED) is 0.732. The molecule has 0 fully saturated rings. The van der Waals surface area contributed by atoms with E-state index in [4.69, 9.17) is 5.73 Å². The Balaban J connectivity index is 3.44. The van der Waals surface area contributed by atoms with Crippen molar-refractivity contribution in [3.05, 3.63) is 28.8 Å². The lowest BCUT2D eigenvalue weighted by molar-refractivity contribution is -0.259. The Hall–Kier alpha value is -1.23. The first kappa shape index (κ1) is 12.8. The van der Waals surface area contributed by atoms with Crippen LogP contribution in [0.25, 0.3) is 0 Å². The summed E-state index contributed by atoms with van der Waals surface area (Å²) < 4.78 is 38.0. The molecule has 1 rings (SSSR count). The van der Waals surface area contributed by atoms with Gasteiger partial charge >= 0.3 is 6.18 Å². The molecular weight excluding hydrogens is 219 g/mol. The number of nitrogen functional groups attached to an aromatic ring is 1. The molecule has 0 saturated heterocycles. The molecule has 3 N–H and O–H groups in total. The van der Waals surface area contributed by atoms with Crippen molar-refractivity contribution in [3.63, 3.8) is 0 Å². The van der Waals surface area contributed by atoms with Crippen LogP contribution in [-0.2, 0) is 5.60 Å². The van der Waals surface area contributed by atoms with E-state index < -0.39 is 11.8 Å². The Labute approximate surface area is 91.9 Å². The fraction of sp³-hybridized carbons (Fsp3) is 0.455. The van der Waals surface area contributed by atoms with Crippen LogP contribution >= 0.6 is 0 Å². The van der Waals surface area contributed by atoms with Gasteiger partial charge in [0.15, 0.2) is 5.60 Å². The van der Waals surface area contributed by atoms with Gasteiger partial charge < -0.3 is 10.8 Å². The van der Waals surface area contributed by atoms with Gasteiger partial charge in [0.2, 0.25) is 0 Å². The largest absolute Gasteiger partial charge is 0.421 e. The molecule has 0 bridgehead atoms. The SMILES string of the molecule is Cc1cc(N)cc(C(C)(O)C(F)(F)F)c1C. The minimum atomic E-state index is -4.72. The van der Waals surface area contributed by atoms with Crippen molar-refractivity contribution in [2.24, 2.45) is 0 Å². The maximum Gasteiger partial charge on any atom is 0.421 e. The summed E-state index contributed by atoms with van der Waals surface area (Å²) >= 11 is 0. The highest BCUT2D eigenvalue weighted by molar-refractivity contribution is 5.51. The molecule has 1 atom stereocenters. The molecule has 0 radical (unpaired) electrons. The summed E-state index contributed by atoms with van der Waals surface area (Å²) in [5, 5.41) is 9.57. The lowest BCUT2D eigenvalue weighted by Crippen LogP contribution is -2.40. The van der Waals surface area contributed by atoms with E-state index in [-0.39, 0.29) is 11.3 Å². The van der Waals surface area contributed by atoms with Gasteiger partial charge in [-0.2, -0.15) is 13.2 Å². The molecule has 0 saturated carbocycles. The molecule has 0 spiro atoms. The second-order valence-corrected chi connectivity index (χ2v) is 4.08. The summed E-state index contributed by atoms with van der Waals surface area (Å²) in [5.41, 5.74) is 3.65. The number of hydrogen-bond donors (Lipinski definition) is 2. The number of aliphatic hydroxyl groups is 1. The smallest absolute Gasteiger partial charge is 0.399 e. The highest BCUT2D eigenvalue weighted by Gasteiger charge is 2.51. The van der Waals surface area contributed by atoms with Gasteiger partial charge in [-0.15, -0.1) is 0 Å². The van der Waals surface area contributed by atoms with Gasteiger partial charge in [0, 0.05) is 5.69 Å². The van der Waals surface area contributed by atoms with Crippen LogP contribution in [0, 0.1) is 13.8 Å². The number of rotatable bonds is 1. The van der Waals surface area contributed by atoms with E-state index in [1.165, 1.54) is 6.92 Å². The van der Waals surface area contributed by atoms with Crippen molar-refractivity contribution in [3.8, 4) is 0 Å². The molecule has 2 nitrogen and oxygen atoms in total. The number of aryl methyl sites for hydroxylation is 1. The van der Waals surface area contributed by atoms with Crippen LogP contribution in [0.5, 0.6) is 0 Å². The van der Waals surface area contributed by atoms with Gasteiger partial charge in [0.1, 0.15) is 0 Å². The highest BCUT2D eigenvalue weighted by atomic mass is 19.4. The lowest BCUT2D eigenvalue weighted by atomic mass is 9.89. The lowest BCUT2D eigenvalue weighted by Gasteiger charge is -2.29. The zero-order valence-electron chi connectivity index (χ0n) is 9.31. The maximum atomic E-state index is 12.7. The van der Waals surface area contributed by atoms with Crippen LogP contribution in [0.3, 0.4) is 0 Å². The van der Waals surface area contributed by atoms with E-state index in [1.807, 2.05) is 0 Å². The predicted molar refractivity (Wildman–Crippen MR) is 56.0 cm³/mol. The molecule has 90 valence electrons. The summed E-state index contributed by atoms with van der Waals surface area (Å²) in [5.74, 6) is 0. The van der Waals surface area contributed by atoms with Crippen molar-refractivity contribution < 1.29 is 18.3 Å². The Morgan fingerprint density at radius 2 is 1.69 bits per heavy atom. The summed E-state index contributed by atoms with van der Waals surface area (Å²) in [6.45, 7) is 3.92. The van der Waals surface area contributed by atoms with Crippen LogP contribution in [0.15, 0.2) is 12.1 Å². The Morgan fingerprint density at radius 3 is 2.12 bits per heavy atom. The fourth-order valence-electron chi connectivity index (χ4n) is 1.55. The number of anilines is 1. The van der Waals surface area contributed by atoms with E-state index in [2.05, 4.69) is 0 Å². The zero-order chi connectivity index (χ0) is 12.7. The van der Waals surface area contributed by atoms with Crippen LogP contribution in [0.4, 0.5) is 18.9 Å². The fourth-order valence-corrected chi connectivity index (χ4v) is 1.55. The first-order valence-electron chi connectivity index (χ1n) is 4.73. The Bertz CT molecular complexity index is 410. The normalized spacial score (nSPS) is 15.9. The zero-order valence-corrected chi connectivity index (χ0v) is 9.31. The maximum absolute atomic E-state index is 12.7. The molecular formula is C11H14F3NO. The molecule has 0 aliphatic carbocycles. The highest BCUT2D eigenvalue weighted by Crippen LogP contribution is 2.41. The van der Waals surface area contributed by atoms with Crippen molar-refractivity contribution >= 4 is 5.69 Å². The second-order valence-electron chi connectivity index (χ2n) is 4.08. The number of alkyl halides is 3. The van der Waals surface area contributed by atoms with E-state index in [1.54, 1.807) is 13.0 Å². The van der Waals surface area contributed by atoms with E-state index in [0.717, 1.165) is 13.0 Å². The van der Waals surface area contributed by atoms with Crippen LogP contribution < -0.4 is 5.73 Å². The van der Waals surface area contributed by atoms with E-state index >= 15 is 0 Å². The average molecular weight is 233 g/mol. The number of hydrogen-bond acceptors (Lipinski definition) is 2.